The highest BCUT2D eigenvalue weighted by Crippen LogP contribution is 2.16. The van der Waals surface area contributed by atoms with Crippen LogP contribution in [0, 0.1) is 0 Å². The molecule has 2 N–H and O–H groups in total. The largest absolute Gasteiger partial charge is 0.350 e. The van der Waals surface area contributed by atoms with Gasteiger partial charge in [-0.15, -0.1) is 11.8 Å². The fraction of sp³-hybridized carbons (Fsp3) is 0.300. The molecule has 6 heteroatoms. The predicted molar refractivity (Wildman–Crippen MR) is 110 cm³/mol. The zero-order valence-corrected chi connectivity index (χ0v) is 16.5. The van der Waals surface area contributed by atoms with E-state index in [0.717, 1.165) is 17.7 Å². The normalized spacial score (nSPS) is 11.7. The maximum Gasteiger partial charge on any atom is 0.251 e. The van der Waals surface area contributed by atoms with Gasteiger partial charge in [-0.2, -0.15) is 0 Å². The summed E-state index contributed by atoms with van der Waals surface area (Å²) in [4.78, 5) is 24.0. The van der Waals surface area contributed by atoms with E-state index >= 15 is 0 Å². The van der Waals surface area contributed by atoms with Gasteiger partial charge in [0.1, 0.15) is 0 Å². The average Bonchev–Trinajstić information content (AvgIpc) is 2.64. The van der Waals surface area contributed by atoms with E-state index < -0.39 is 0 Å². The van der Waals surface area contributed by atoms with E-state index in [2.05, 4.69) is 10.6 Å². The minimum atomic E-state index is -0.0547. The molecule has 2 amide bonds. The van der Waals surface area contributed by atoms with Gasteiger partial charge < -0.3 is 10.6 Å². The van der Waals surface area contributed by atoms with Crippen molar-refractivity contribution in [1.29, 1.82) is 0 Å². The topological polar surface area (TPSA) is 58.2 Å². The lowest BCUT2D eigenvalue weighted by atomic mass is 10.1. The summed E-state index contributed by atoms with van der Waals surface area (Å²) in [5, 5.41) is 6.41. The van der Waals surface area contributed by atoms with E-state index in [1.54, 1.807) is 24.3 Å². The van der Waals surface area contributed by atoms with Crippen LogP contribution in [0.1, 0.15) is 36.2 Å². The number of benzene rings is 2. The minimum absolute atomic E-state index is 0.0538. The second-order valence-corrected chi connectivity index (χ2v) is 7.45. The van der Waals surface area contributed by atoms with Crippen LogP contribution < -0.4 is 10.6 Å². The lowest BCUT2D eigenvalue weighted by Gasteiger charge is -2.11. The molecular weight excluding hydrogens is 368 g/mol. The third-order valence-corrected chi connectivity index (χ3v) is 5.09. The number of rotatable bonds is 8. The molecule has 1 unspecified atom stereocenters. The summed E-state index contributed by atoms with van der Waals surface area (Å²) in [6, 6.07) is 14.7. The number of amides is 2. The molecule has 0 heterocycles. The van der Waals surface area contributed by atoms with E-state index in [9.17, 15) is 9.59 Å². The number of carbonyl (C=O) groups excluding carboxylic acids is 2. The predicted octanol–water partition coefficient (Wildman–Crippen LogP) is 4.74. The summed E-state index contributed by atoms with van der Waals surface area (Å²) in [6.07, 6.45) is 0.901. The molecule has 0 aliphatic carbocycles. The van der Waals surface area contributed by atoms with Gasteiger partial charge in [-0.1, -0.05) is 30.7 Å². The first-order valence-corrected chi connectivity index (χ1v) is 10.0. The number of nitrogens with one attached hydrogen (secondary N) is 2. The fourth-order valence-electron chi connectivity index (χ4n) is 2.15. The van der Waals surface area contributed by atoms with Crippen LogP contribution in [0.25, 0.3) is 0 Å². The molecule has 0 bridgehead atoms. The fourth-order valence-corrected chi connectivity index (χ4v) is 3.07. The van der Waals surface area contributed by atoms with E-state index in [-0.39, 0.29) is 17.9 Å². The van der Waals surface area contributed by atoms with Crippen molar-refractivity contribution >= 4 is 40.9 Å². The van der Waals surface area contributed by atoms with Crippen molar-refractivity contribution in [1.82, 2.24) is 5.32 Å². The van der Waals surface area contributed by atoms with Gasteiger partial charge in [0.2, 0.25) is 5.91 Å². The Kier molecular flexibility index (Phi) is 8.01. The molecule has 0 fully saturated rings. The molecule has 0 saturated heterocycles. The minimum Gasteiger partial charge on any atom is -0.350 e. The molecular formula is C20H23ClN2O2S. The zero-order chi connectivity index (χ0) is 18.9. The monoisotopic (exact) mass is 390 g/mol. The first kappa shape index (κ1) is 20.3. The van der Waals surface area contributed by atoms with Crippen LogP contribution in [0.3, 0.4) is 0 Å². The van der Waals surface area contributed by atoms with Crippen molar-refractivity contribution in [2.75, 3.05) is 11.1 Å². The molecule has 0 spiro atoms. The van der Waals surface area contributed by atoms with Crippen LogP contribution >= 0.6 is 23.4 Å². The number of hydrogen-bond acceptors (Lipinski definition) is 3. The summed E-state index contributed by atoms with van der Waals surface area (Å²) in [5.74, 6) is 0.961. The summed E-state index contributed by atoms with van der Waals surface area (Å²) in [5.41, 5.74) is 2.46. The number of thioether (sulfide) groups is 1. The van der Waals surface area contributed by atoms with E-state index in [4.69, 9.17) is 11.6 Å². The highest BCUT2D eigenvalue weighted by Gasteiger charge is 2.08. The van der Waals surface area contributed by atoms with E-state index in [0.29, 0.717) is 22.1 Å². The second-order valence-electron chi connectivity index (χ2n) is 6.03. The van der Waals surface area contributed by atoms with Crippen LogP contribution in [0.5, 0.6) is 0 Å². The molecule has 2 aromatic carbocycles. The number of carbonyl (C=O) groups is 2. The first-order valence-electron chi connectivity index (χ1n) is 8.51. The standard InChI is InChI=1S/C20H23ClN2O2S/c1-3-14(2)22-20(25)16-6-4-15(5-7-16)12-26-13-19(24)23-18-10-8-17(21)9-11-18/h4-11,14H,3,12-13H2,1-2H3,(H,22,25)(H,23,24). The van der Waals surface area contributed by atoms with Crippen molar-refractivity contribution in [3.05, 3.63) is 64.7 Å². The van der Waals surface area contributed by atoms with Crippen LogP contribution in [-0.4, -0.2) is 23.6 Å². The third kappa shape index (κ3) is 6.73. The van der Waals surface area contributed by atoms with Gasteiger partial charge in [-0.05, 0) is 55.3 Å². The quantitative estimate of drug-likeness (QED) is 0.684. The molecule has 0 aliphatic rings. The van der Waals surface area contributed by atoms with Crippen LogP contribution in [-0.2, 0) is 10.5 Å². The van der Waals surface area contributed by atoms with Crippen molar-refractivity contribution in [2.45, 2.75) is 32.1 Å². The van der Waals surface area contributed by atoms with Crippen molar-refractivity contribution < 1.29 is 9.59 Å². The summed E-state index contributed by atoms with van der Waals surface area (Å²) < 4.78 is 0. The lowest BCUT2D eigenvalue weighted by Crippen LogP contribution is -2.31. The third-order valence-electron chi connectivity index (χ3n) is 3.84. The SMILES string of the molecule is CCC(C)NC(=O)c1ccc(CSCC(=O)Nc2ccc(Cl)cc2)cc1. The van der Waals surface area contributed by atoms with Gasteiger partial charge in [0, 0.05) is 28.1 Å². The van der Waals surface area contributed by atoms with E-state index in [1.165, 1.54) is 11.8 Å². The first-order chi connectivity index (χ1) is 12.5. The number of halogens is 1. The Hall–Kier alpha value is -1.98. The van der Waals surface area contributed by atoms with Gasteiger partial charge in [0.15, 0.2) is 0 Å². The molecule has 26 heavy (non-hydrogen) atoms. The molecule has 0 aromatic heterocycles. The van der Waals surface area contributed by atoms with Crippen LogP contribution in [0.4, 0.5) is 5.69 Å². The Morgan fingerprint density at radius 3 is 2.35 bits per heavy atom. The van der Waals surface area contributed by atoms with Crippen LogP contribution in [0.2, 0.25) is 5.02 Å². The van der Waals surface area contributed by atoms with Crippen molar-refractivity contribution in [2.24, 2.45) is 0 Å². The summed E-state index contributed by atoms with van der Waals surface area (Å²) in [6.45, 7) is 4.02. The Morgan fingerprint density at radius 1 is 1.08 bits per heavy atom. The Balaban J connectivity index is 1.76. The molecule has 1 atom stereocenters. The molecule has 0 radical (unpaired) electrons. The molecule has 2 aromatic rings. The molecule has 2 rings (SSSR count). The summed E-state index contributed by atoms with van der Waals surface area (Å²) in [7, 11) is 0. The summed E-state index contributed by atoms with van der Waals surface area (Å²) >= 11 is 7.35. The molecule has 4 nitrogen and oxygen atoms in total. The van der Waals surface area contributed by atoms with Crippen LogP contribution in [0.15, 0.2) is 48.5 Å². The van der Waals surface area contributed by atoms with Crippen molar-refractivity contribution in [3.63, 3.8) is 0 Å². The Bertz CT molecular complexity index is 732. The molecule has 0 aliphatic heterocycles. The Morgan fingerprint density at radius 2 is 1.73 bits per heavy atom. The smallest absolute Gasteiger partial charge is 0.251 e. The maximum atomic E-state index is 12.0. The maximum absolute atomic E-state index is 12.0. The van der Waals surface area contributed by atoms with Gasteiger partial charge in [-0.3, -0.25) is 9.59 Å². The average molecular weight is 391 g/mol. The van der Waals surface area contributed by atoms with Gasteiger partial charge in [-0.25, -0.2) is 0 Å². The lowest BCUT2D eigenvalue weighted by molar-refractivity contribution is -0.113. The van der Waals surface area contributed by atoms with Gasteiger partial charge in [0.25, 0.3) is 5.91 Å². The molecule has 0 saturated carbocycles. The zero-order valence-electron chi connectivity index (χ0n) is 14.9. The van der Waals surface area contributed by atoms with Gasteiger partial charge in [0.05, 0.1) is 5.75 Å². The van der Waals surface area contributed by atoms with Crippen molar-refractivity contribution in [3.8, 4) is 0 Å². The second kappa shape index (κ2) is 10.2. The number of hydrogen-bond donors (Lipinski definition) is 2. The highest BCUT2D eigenvalue weighted by atomic mass is 35.5. The number of anilines is 1. The van der Waals surface area contributed by atoms with E-state index in [1.807, 2.05) is 38.1 Å². The molecule has 138 valence electrons. The Labute approximate surface area is 163 Å². The van der Waals surface area contributed by atoms with Gasteiger partial charge >= 0.3 is 0 Å². The highest BCUT2D eigenvalue weighted by molar-refractivity contribution is 7.99.